The van der Waals surface area contributed by atoms with Crippen molar-refractivity contribution in [2.45, 2.75) is 61.8 Å². The molecule has 0 aliphatic rings. The van der Waals surface area contributed by atoms with Crippen LogP contribution in [0.5, 0.6) is 11.5 Å². The third-order valence-electron chi connectivity index (χ3n) is 11.6. The molecule has 0 bridgehead atoms. The highest BCUT2D eigenvalue weighted by atomic mass is 35.5. The molecular formula is C45H48ClN13O4S13. The molecule has 8 heterocycles. The molecule has 0 saturated carbocycles. The number of ether oxygens (including phenoxy) is 2. The molecular weight excluding hydrogens is 1240 g/mol. The van der Waals surface area contributed by atoms with E-state index >= 15 is 0 Å². The molecule has 0 atom stereocenters. The Hall–Kier alpha value is -4.41. The number of rotatable bonds is 6. The Balaban J connectivity index is 0.000000165. The van der Waals surface area contributed by atoms with Crippen molar-refractivity contribution in [2.75, 3.05) is 20.0 Å². The highest BCUT2D eigenvalue weighted by Crippen LogP contribution is 2.42. The zero-order valence-corrected chi connectivity index (χ0v) is 53.9. The average Bonchev–Trinajstić information content (AvgIpc) is 4.25. The second-order valence-corrected chi connectivity index (χ2v) is 36.0. The van der Waals surface area contributed by atoms with E-state index in [-0.39, 0.29) is 0 Å². The summed E-state index contributed by atoms with van der Waals surface area (Å²) in [6, 6.07) is 8.08. The summed E-state index contributed by atoms with van der Waals surface area (Å²) in [4.78, 5) is 24.9. The van der Waals surface area contributed by atoms with Gasteiger partial charge in [0, 0.05) is 185 Å². The van der Waals surface area contributed by atoms with Crippen molar-refractivity contribution in [1.82, 2.24) is 59.8 Å². The molecule has 0 spiro atoms. The number of fused-ring (bicyclic) bond motifs is 6. The minimum atomic E-state index is 0.427. The summed E-state index contributed by atoms with van der Waals surface area (Å²) >= 11 is 15.7. The van der Waals surface area contributed by atoms with E-state index in [0.717, 1.165) is 129 Å². The van der Waals surface area contributed by atoms with Crippen LogP contribution in [-0.4, -0.2) is 74.0 Å². The van der Waals surface area contributed by atoms with E-state index in [1.165, 1.54) is 17.8 Å². The van der Waals surface area contributed by atoms with Gasteiger partial charge in [0.25, 0.3) is 0 Å². The lowest BCUT2D eigenvalue weighted by molar-refractivity contribution is 0.393. The summed E-state index contributed by atoms with van der Waals surface area (Å²) in [5.74, 6) is 4.33. The van der Waals surface area contributed by atoms with Crippen LogP contribution in [-0.2, 0) is 141 Å². The second kappa shape index (κ2) is 27.5. The third kappa shape index (κ3) is 13.9. The molecule has 31 heteroatoms. The van der Waals surface area contributed by atoms with Crippen molar-refractivity contribution in [3.05, 3.63) is 99.0 Å². The van der Waals surface area contributed by atoms with Crippen LogP contribution < -0.4 is 15.2 Å². The predicted molar refractivity (Wildman–Crippen MR) is 339 cm³/mol. The number of nitrogens with zero attached hydrogens (tertiary/aromatic N) is 10. The molecule has 0 fully saturated rings. The molecule has 0 radical (unpaired) electrons. The van der Waals surface area contributed by atoms with Gasteiger partial charge in [0.2, 0.25) is 0 Å². The Morgan fingerprint density at radius 3 is 1.45 bits per heavy atom. The van der Waals surface area contributed by atoms with Gasteiger partial charge < -0.3 is 34.2 Å². The van der Waals surface area contributed by atoms with Crippen LogP contribution >= 0.6 is 11.6 Å². The SMILES string of the molecule is COc1cc2c(cc1-c1c(C)noc1C)[nH]c1nc(C)nc(Cc3cnn(C)c3C)c12.COc1cc2c(cc1-c1c(C)noc1C)[nH]c1nc(C)nc(Cl)c12.Cc1c(N)cnn1C.S=S=S=S=S=S=S=S=S=S=S=S=S. The van der Waals surface area contributed by atoms with Gasteiger partial charge in [-0.2, -0.15) is 10.2 Å². The molecule has 402 valence electrons. The standard InChI is InChI=1S/C23H24N6O2.C17H15ClN4O2.C5H9N3.S13/c1-11-21(13(3)31-28-11)17-8-18-16(9-20(17)30-6)22-19(25-14(4)26-23(22)27-18)7-15-10-24-29(5)12(15)2;1-7-14(8(2)24-22-7)11-5-12-10(6-13(11)23-4)15-16(18)19-9(3)20-17(15)21-12;1-4-5(6)3-7-8(4)2;1-3-5-7-9-11-13-12-10-8-6-4-2/h8-10H,7H2,1-6H3,(H,25,26,27);5-6H,1-4H3,(H,19,20,21);3H,6H2,1-2H3;. The van der Waals surface area contributed by atoms with Gasteiger partial charge in [-0.3, -0.25) is 9.36 Å². The van der Waals surface area contributed by atoms with E-state index in [9.17, 15) is 0 Å². The van der Waals surface area contributed by atoms with Crippen LogP contribution in [0.4, 0.5) is 5.69 Å². The Morgan fingerprint density at radius 2 is 1.05 bits per heavy atom. The zero-order chi connectivity index (χ0) is 54.8. The van der Waals surface area contributed by atoms with Crippen LogP contribution in [0, 0.1) is 55.4 Å². The summed E-state index contributed by atoms with van der Waals surface area (Å²) in [5.41, 5.74) is 19.2. The summed E-state index contributed by atoms with van der Waals surface area (Å²) < 4.78 is 25.7. The highest BCUT2D eigenvalue weighted by molar-refractivity contribution is 8.75. The smallest absolute Gasteiger partial charge is 0.143 e. The molecule has 8 aromatic heterocycles. The van der Waals surface area contributed by atoms with Crippen LogP contribution in [0.1, 0.15) is 57.2 Å². The van der Waals surface area contributed by atoms with Crippen LogP contribution in [0.3, 0.4) is 0 Å². The van der Waals surface area contributed by atoms with Crippen molar-refractivity contribution in [1.29, 1.82) is 0 Å². The number of aromatic amines is 2. The normalized spacial score (nSPS) is 10.6. The number of nitrogens with two attached hydrogens (primary N) is 1. The second-order valence-electron chi connectivity index (χ2n) is 16.2. The molecule has 0 amide bonds. The average molecular weight is 1290 g/mol. The molecule has 0 saturated heterocycles. The largest absolute Gasteiger partial charge is 0.496 e. The summed E-state index contributed by atoms with van der Waals surface area (Å²) in [6.07, 6.45) is 4.24. The number of benzene rings is 2. The molecule has 0 unspecified atom stereocenters. The van der Waals surface area contributed by atoms with E-state index < -0.39 is 0 Å². The van der Waals surface area contributed by atoms with Gasteiger partial charge in [-0.25, -0.2) is 19.9 Å². The van der Waals surface area contributed by atoms with Crippen LogP contribution in [0.15, 0.2) is 45.7 Å². The van der Waals surface area contributed by atoms with E-state index in [2.05, 4.69) is 58.4 Å². The van der Waals surface area contributed by atoms with E-state index in [0.29, 0.717) is 23.0 Å². The number of hydrogen-bond donors (Lipinski definition) is 3. The molecule has 76 heavy (non-hydrogen) atoms. The molecule has 0 aliphatic carbocycles. The van der Waals surface area contributed by atoms with Gasteiger partial charge in [-0.1, -0.05) is 21.9 Å². The number of hydrogen-bond acceptors (Lipinski definition) is 15. The minimum Gasteiger partial charge on any atom is -0.496 e. The molecule has 17 nitrogen and oxygen atoms in total. The first-order valence-corrected chi connectivity index (χ1v) is 38.4. The number of aryl methyl sites for hydroxylation is 8. The lowest BCUT2D eigenvalue weighted by atomic mass is 10.00. The molecule has 10 rings (SSSR count). The number of aromatic nitrogens is 12. The molecule has 10 aromatic rings. The van der Waals surface area contributed by atoms with Gasteiger partial charge in [-0.15, -0.1) is 0 Å². The quantitative estimate of drug-likeness (QED) is 0.133. The van der Waals surface area contributed by atoms with Crippen LogP contribution in [0.25, 0.3) is 66.1 Å². The topological polar surface area (TPSA) is 215 Å². The van der Waals surface area contributed by atoms with E-state index in [4.69, 9.17) is 63.2 Å². The van der Waals surface area contributed by atoms with Crippen molar-refractivity contribution in [3.63, 3.8) is 0 Å². The number of nitrogens with one attached hydrogen (secondary N) is 2. The Bertz CT molecular complexity index is 4250. The van der Waals surface area contributed by atoms with E-state index in [1.54, 1.807) is 105 Å². The molecule has 0 aliphatic heterocycles. The lowest BCUT2D eigenvalue weighted by Gasteiger charge is -2.09. The van der Waals surface area contributed by atoms with Gasteiger partial charge in [0.1, 0.15) is 51.1 Å². The summed E-state index contributed by atoms with van der Waals surface area (Å²) in [7, 11) is 25.2. The fourth-order valence-corrected chi connectivity index (χ4v) is 33.0. The van der Waals surface area contributed by atoms with Crippen molar-refractivity contribution in [2.24, 2.45) is 14.1 Å². The number of halogens is 1. The Labute approximate surface area is 483 Å². The van der Waals surface area contributed by atoms with Crippen molar-refractivity contribution < 1.29 is 18.5 Å². The summed E-state index contributed by atoms with van der Waals surface area (Å²) in [6.45, 7) is 15.4. The monoisotopic (exact) mass is 1290 g/mol. The minimum absolute atomic E-state index is 0.427. The zero-order valence-electron chi connectivity index (χ0n) is 42.5. The number of nitrogen functional groups attached to an aromatic ring is 1. The van der Waals surface area contributed by atoms with Gasteiger partial charge in [0.15, 0.2) is 0 Å². The van der Waals surface area contributed by atoms with Crippen molar-refractivity contribution >= 4 is 181 Å². The van der Waals surface area contributed by atoms with E-state index in [1.807, 2.05) is 91.6 Å². The Morgan fingerprint density at radius 1 is 0.605 bits per heavy atom. The number of methoxy groups -OCH3 is 2. The lowest BCUT2D eigenvalue weighted by Crippen LogP contribution is -2.00. The number of anilines is 1. The summed E-state index contributed by atoms with van der Waals surface area (Å²) in [5, 5.41) is 20.6. The Kier molecular flexibility index (Phi) is 21.4. The third-order valence-corrected chi connectivity index (χ3v) is 34.1. The van der Waals surface area contributed by atoms with Crippen LogP contribution in [0.2, 0.25) is 5.15 Å². The first kappa shape index (κ1) is 59.3. The maximum atomic E-state index is 6.33. The maximum absolute atomic E-state index is 6.33. The highest BCUT2D eigenvalue weighted by Gasteiger charge is 2.22. The van der Waals surface area contributed by atoms with Crippen molar-refractivity contribution in [3.8, 4) is 33.8 Å². The fourth-order valence-electron chi connectivity index (χ4n) is 8.01. The first-order chi connectivity index (χ1) is 36.5. The maximum Gasteiger partial charge on any atom is 0.143 e. The predicted octanol–water partition coefficient (Wildman–Crippen LogP) is 8.97. The fraction of sp³-hybridized carbons (Fsp3) is 0.289. The molecule has 4 N–H and O–H groups in total. The number of H-pyrrole nitrogens is 2. The van der Waals surface area contributed by atoms with Gasteiger partial charge in [0.05, 0.1) is 71.6 Å². The molecule has 2 aromatic carbocycles. The van der Waals surface area contributed by atoms with Gasteiger partial charge >= 0.3 is 0 Å². The first-order valence-electron chi connectivity index (χ1n) is 22.1. The van der Waals surface area contributed by atoms with Gasteiger partial charge in [-0.05, 0) is 85.2 Å².